The van der Waals surface area contributed by atoms with E-state index in [0.29, 0.717) is 5.92 Å². The zero-order valence-corrected chi connectivity index (χ0v) is 9.09. The summed E-state index contributed by atoms with van der Waals surface area (Å²) in [5.41, 5.74) is -0.347. The van der Waals surface area contributed by atoms with Crippen molar-refractivity contribution in [2.75, 3.05) is 0 Å². The fraction of sp³-hybridized carbons (Fsp3) is 0.727. The van der Waals surface area contributed by atoms with E-state index in [1.807, 2.05) is 13.8 Å². The molecular weight excluding hydrogens is 164 g/mol. The molecule has 0 saturated carbocycles. The van der Waals surface area contributed by atoms with E-state index in [1.54, 1.807) is 0 Å². The lowest BCUT2D eigenvalue weighted by Crippen LogP contribution is -2.37. The second-order valence-electron chi connectivity index (χ2n) is 3.60. The minimum Gasteiger partial charge on any atom is -0.456 e. The number of carbonyl (C=O) groups excluding carboxylic acids is 1. The fourth-order valence-corrected chi connectivity index (χ4v) is 1.22. The van der Waals surface area contributed by atoms with E-state index in [0.717, 1.165) is 12.8 Å². The highest BCUT2D eigenvalue weighted by molar-refractivity contribution is 5.81. The van der Waals surface area contributed by atoms with Crippen molar-refractivity contribution in [3.63, 3.8) is 0 Å². The fourth-order valence-electron chi connectivity index (χ4n) is 1.22. The van der Waals surface area contributed by atoms with Crippen LogP contribution in [0.2, 0.25) is 0 Å². The molecule has 2 nitrogen and oxygen atoms in total. The molecular formula is C11H20O2. The van der Waals surface area contributed by atoms with Crippen molar-refractivity contribution < 1.29 is 9.53 Å². The summed E-state index contributed by atoms with van der Waals surface area (Å²) < 4.78 is 5.33. The maximum atomic E-state index is 11.1. The number of rotatable bonds is 5. The topological polar surface area (TPSA) is 26.3 Å². The SMILES string of the molecule is C=CC(=O)OC(C)(CC)C(C)CC. The first-order valence-corrected chi connectivity index (χ1v) is 4.85. The molecule has 0 rings (SSSR count). The van der Waals surface area contributed by atoms with Crippen LogP contribution in [-0.2, 0) is 9.53 Å². The van der Waals surface area contributed by atoms with Crippen LogP contribution in [0.4, 0.5) is 0 Å². The Morgan fingerprint density at radius 2 is 2.15 bits per heavy atom. The van der Waals surface area contributed by atoms with Crippen molar-refractivity contribution in [1.82, 2.24) is 0 Å². The molecule has 2 heteroatoms. The highest BCUT2D eigenvalue weighted by Gasteiger charge is 2.31. The van der Waals surface area contributed by atoms with Crippen LogP contribution in [0.25, 0.3) is 0 Å². The molecule has 0 N–H and O–H groups in total. The van der Waals surface area contributed by atoms with Gasteiger partial charge in [-0.05, 0) is 25.7 Å². The molecule has 2 atom stereocenters. The minimum absolute atomic E-state index is 0.329. The molecule has 2 unspecified atom stereocenters. The van der Waals surface area contributed by atoms with Crippen LogP contribution in [0.15, 0.2) is 12.7 Å². The van der Waals surface area contributed by atoms with E-state index in [1.165, 1.54) is 6.08 Å². The van der Waals surface area contributed by atoms with Gasteiger partial charge in [-0.1, -0.05) is 27.4 Å². The van der Waals surface area contributed by atoms with E-state index >= 15 is 0 Å². The lowest BCUT2D eigenvalue weighted by Gasteiger charge is -2.33. The summed E-state index contributed by atoms with van der Waals surface area (Å²) in [5, 5.41) is 0. The van der Waals surface area contributed by atoms with Gasteiger partial charge in [0.1, 0.15) is 5.60 Å². The number of ether oxygens (including phenoxy) is 1. The van der Waals surface area contributed by atoms with Crippen LogP contribution in [0.1, 0.15) is 40.5 Å². The molecule has 0 heterocycles. The predicted octanol–water partition coefficient (Wildman–Crippen LogP) is 2.93. The normalized spacial score (nSPS) is 17.2. The number of carbonyl (C=O) groups is 1. The van der Waals surface area contributed by atoms with Crippen molar-refractivity contribution >= 4 is 5.97 Å². The average Bonchev–Trinajstić information content (AvgIpc) is 2.15. The van der Waals surface area contributed by atoms with Crippen LogP contribution in [0, 0.1) is 5.92 Å². The molecule has 13 heavy (non-hydrogen) atoms. The molecule has 0 spiro atoms. The van der Waals surface area contributed by atoms with Crippen LogP contribution < -0.4 is 0 Å². The lowest BCUT2D eigenvalue weighted by molar-refractivity contribution is -0.157. The van der Waals surface area contributed by atoms with Crippen molar-refractivity contribution in [3.8, 4) is 0 Å². The van der Waals surface area contributed by atoms with Crippen LogP contribution in [0.5, 0.6) is 0 Å². The van der Waals surface area contributed by atoms with Gasteiger partial charge in [-0.2, -0.15) is 0 Å². The minimum atomic E-state index is -0.347. The molecule has 0 aliphatic carbocycles. The highest BCUT2D eigenvalue weighted by Crippen LogP contribution is 2.27. The average molecular weight is 184 g/mol. The Labute approximate surface area is 81.0 Å². The second-order valence-corrected chi connectivity index (χ2v) is 3.60. The molecule has 76 valence electrons. The summed E-state index contributed by atoms with van der Waals surface area (Å²) >= 11 is 0. The van der Waals surface area contributed by atoms with Gasteiger partial charge in [0.05, 0.1) is 0 Å². The third kappa shape index (κ3) is 3.21. The molecule has 0 radical (unpaired) electrons. The van der Waals surface area contributed by atoms with Gasteiger partial charge < -0.3 is 4.74 Å². The van der Waals surface area contributed by atoms with Gasteiger partial charge in [-0.25, -0.2) is 4.79 Å². The van der Waals surface area contributed by atoms with E-state index in [4.69, 9.17) is 4.74 Å². The maximum absolute atomic E-state index is 11.1. The third-order valence-electron chi connectivity index (χ3n) is 2.86. The Bertz CT molecular complexity index is 187. The Morgan fingerprint density at radius 1 is 1.62 bits per heavy atom. The van der Waals surface area contributed by atoms with Gasteiger partial charge in [-0.15, -0.1) is 0 Å². The summed E-state index contributed by atoms with van der Waals surface area (Å²) in [5.74, 6) is 0.0473. The van der Waals surface area contributed by atoms with Gasteiger partial charge in [0.15, 0.2) is 0 Å². The largest absolute Gasteiger partial charge is 0.456 e. The number of hydrogen-bond donors (Lipinski definition) is 0. The molecule has 0 saturated heterocycles. The molecule has 0 aromatic rings. The van der Waals surface area contributed by atoms with Crippen LogP contribution in [0.3, 0.4) is 0 Å². The monoisotopic (exact) mass is 184 g/mol. The Morgan fingerprint density at radius 3 is 2.46 bits per heavy atom. The number of esters is 1. The lowest BCUT2D eigenvalue weighted by atomic mass is 9.86. The molecule has 0 aromatic heterocycles. The smallest absolute Gasteiger partial charge is 0.330 e. The predicted molar refractivity (Wildman–Crippen MR) is 54.4 cm³/mol. The van der Waals surface area contributed by atoms with Gasteiger partial charge in [0.2, 0.25) is 0 Å². The zero-order chi connectivity index (χ0) is 10.5. The van der Waals surface area contributed by atoms with Crippen molar-refractivity contribution in [3.05, 3.63) is 12.7 Å². The first-order chi connectivity index (χ1) is 6.00. The molecule has 0 aromatic carbocycles. The Balaban J connectivity index is 4.43. The van der Waals surface area contributed by atoms with Crippen molar-refractivity contribution in [2.24, 2.45) is 5.92 Å². The van der Waals surface area contributed by atoms with Crippen LogP contribution in [-0.4, -0.2) is 11.6 Å². The van der Waals surface area contributed by atoms with Gasteiger partial charge >= 0.3 is 5.97 Å². The molecule has 0 aliphatic heterocycles. The second kappa shape index (κ2) is 5.05. The molecule has 0 aliphatic rings. The first-order valence-electron chi connectivity index (χ1n) is 4.85. The van der Waals surface area contributed by atoms with E-state index in [9.17, 15) is 4.79 Å². The van der Waals surface area contributed by atoms with Gasteiger partial charge in [0.25, 0.3) is 0 Å². The summed E-state index contributed by atoms with van der Waals surface area (Å²) in [6.45, 7) is 11.6. The van der Waals surface area contributed by atoms with Crippen molar-refractivity contribution in [2.45, 2.75) is 46.1 Å². The maximum Gasteiger partial charge on any atom is 0.330 e. The van der Waals surface area contributed by atoms with Gasteiger partial charge in [0, 0.05) is 6.08 Å². The standard InChI is InChI=1S/C11H20O2/c1-6-9(4)11(5,8-3)13-10(12)7-2/h7,9H,2,6,8H2,1,3-5H3. The quantitative estimate of drug-likeness (QED) is 0.485. The highest BCUT2D eigenvalue weighted by atomic mass is 16.6. The Hall–Kier alpha value is -0.790. The molecule has 0 fully saturated rings. The third-order valence-corrected chi connectivity index (χ3v) is 2.86. The molecule has 0 amide bonds. The first kappa shape index (κ1) is 12.2. The summed E-state index contributed by atoms with van der Waals surface area (Å²) in [7, 11) is 0. The van der Waals surface area contributed by atoms with Crippen LogP contribution >= 0.6 is 0 Å². The summed E-state index contributed by atoms with van der Waals surface area (Å²) in [4.78, 5) is 11.1. The zero-order valence-electron chi connectivity index (χ0n) is 9.09. The van der Waals surface area contributed by atoms with E-state index < -0.39 is 0 Å². The summed E-state index contributed by atoms with van der Waals surface area (Å²) in [6.07, 6.45) is 3.06. The van der Waals surface area contributed by atoms with Gasteiger partial charge in [-0.3, -0.25) is 0 Å². The molecule has 0 bridgehead atoms. The Kier molecular flexibility index (Phi) is 4.74. The number of hydrogen-bond acceptors (Lipinski definition) is 2. The van der Waals surface area contributed by atoms with E-state index in [-0.39, 0.29) is 11.6 Å². The van der Waals surface area contributed by atoms with E-state index in [2.05, 4.69) is 20.4 Å². The van der Waals surface area contributed by atoms with Crippen molar-refractivity contribution in [1.29, 1.82) is 0 Å². The summed E-state index contributed by atoms with van der Waals surface area (Å²) in [6, 6.07) is 0.